The van der Waals surface area contributed by atoms with Crippen LogP contribution in [-0.4, -0.2) is 9.55 Å². The van der Waals surface area contributed by atoms with Crippen molar-refractivity contribution < 1.29 is 0 Å². The van der Waals surface area contributed by atoms with Crippen LogP contribution in [-0.2, 0) is 7.05 Å². The standard InChI is InChI=1S/C15H17N3/c1-10-5-3-7-12(10)15-17-14-11(9-16)6-4-8-13(14)18(15)2/h4,6,8,10,12H,3,5,7H2,1-2H3. The largest absolute Gasteiger partial charge is 0.331 e. The lowest BCUT2D eigenvalue weighted by Gasteiger charge is -2.14. The van der Waals surface area contributed by atoms with Crippen LogP contribution in [0.2, 0.25) is 0 Å². The highest BCUT2D eigenvalue weighted by molar-refractivity contribution is 5.82. The Bertz CT molecular complexity index is 633. The molecule has 0 spiro atoms. The molecule has 0 amide bonds. The third kappa shape index (κ3) is 1.53. The summed E-state index contributed by atoms with van der Waals surface area (Å²) in [5.74, 6) is 2.40. The molecule has 0 N–H and O–H groups in total. The van der Waals surface area contributed by atoms with Crippen LogP contribution in [0, 0.1) is 17.2 Å². The van der Waals surface area contributed by atoms with Crippen LogP contribution in [0.4, 0.5) is 0 Å². The van der Waals surface area contributed by atoms with Crippen molar-refractivity contribution in [1.82, 2.24) is 9.55 Å². The minimum Gasteiger partial charge on any atom is -0.331 e. The number of hydrogen-bond acceptors (Lipinski definition) is 2. The molecule has 3 rings (SSSR count). The first-order valence-corrected chi connectivity index (χ1v) is 6.58. The summed E-state index contributed by atoms with van der Waals surface area (Å²) in [6.07, 6.45) is 3.80. The molecule has 0 saturated heterocycles. The molecule has 2 aromatic rings. The number of nitrogens with zero attached hydrogens (tertiary/aromatic N) is 3. The van der Waals surface area contributed by atoms with Crippen molar-refractivity contribution in [1.29, 1.82) is 5.26 Å². The molecule has 1 saturated carbocycles. The Labute approximate surface area is 107 Å². The number of fused-ring (bicyclic) bond motifs is 1. The second-order valence-electron chi connectivity index (χ2n) is 5.33. The minimum atomic E-state index is 0.550. The van der Waals surface area contributed by atoms with Crippen molar-refractivity contribution in [3.63, 3.8) is 0 Å². The van der Waals surface area contributed by atoms with Gasteiger partial charge in [0.1, 0.15) is 17.4 Å². The zero-order valence-corrected chi connectivity index (χ0v) is 10.8. The van der Waals surface area contributed by atoms with Gasteiger partial charge in [-0.1, -0.05) is 19.4 Å². The number of imidazole rings is 1. The lowest BCUT2D eigenvalue weighted by Crippen LogP contribution is -2.08. The maximum atomic E-state index is 9.15. The number of aromatic nitrogens is 2. The van der Waals surface area contributed by atoms with Gasteiger partial charge in [0.15, 0.2) is 0 Å². The summed E-state index contributed by atoms with van der Waals surface area (Å²) in [5, 5.41) is 9.15. The van der Waals surface area contributed by atoms with E-state index in [-0.39, 0.29) is 0 Å². The fraction of sp³-hybridized carbons (Fsp3) is 0.467. The lowest BCUT2D eigenvalue weighted by atomic mass is 9.97. The van der Waals surface area contributed by atoms with Gasteiger partial charge in [-0.15, -0.1) is 0 Å². The SMILES string of the molecule is CC1CCCC1c1nc2c(C#N)cccc2n1C. The van der Waals surface area contributed by atoms with Gasteiger partial charge >= 0.3 is 0 Å². The summed E-state index contributed by atoms with van der Waals surface area (Å²) in [6.45, 7) is 2.31. The summed E-state index contributed by atoms with van der Waals surface area (Å²) in [4.78, 5) is 4.76. The first-order valence-electron chi connectivity index (χ1n) is 6.58. The van der Waals surface area contributed by atoms with E-state index < -0.39 is 0 Å². The van der Waals surface area contributed by atoms with Crippen molar-refractivity contribution in [2.75, 3.05) is 0 Å². The van der Waals surface area contributed by atoms with E-state index in [4.69, 9.17) is 10.2 Å². The van der Waals surface area contributed by atoms with E-state index in [1.807, 2.05) is 18.2 Å². The molecular weight excluding hydrogens is 222 g/mol. The maximum absolute atomic E-state index is 9.15. The second-order valence-corrected chi connectivity index (χ2v) is 5.33. The Hall–Kier alpha value is -1.82. The van der Waals surface area contributed by atoms with E-state index in [1.54, 1.807) is 0 Å². The molecule has 1 aliphatic carbocycles. The van der Waals surface area contributed by atoms with Crippen LogP contribution in [0.15, 0.2) is 18.2 Å². The Balaban J connectivity index is 2.20. The topological polar surface area (TPSA) is 41.6 Å². The zero-order chi connectivity index (χ0) is 12.7. The number of rotatable bonds is 1. The van der Waals surface area contributed by atoms with Crippen LogP contribution in [0.3, 0.4) is 0 Å². The van der Waals surface area contributed by atoms with E-state index in [2.05, 4.69) is 24.6 Å². The molecule has 3 heteroatoms. The van der Waals surface area contributed by atoms with Gasteiger partial charge < -0.3 is 4.57 Å². The van der Waals surface area contributed by atoms with Crippen molar-refractivity contribution >= 4 is 11.0 Å². The monoisotopic (exact) mass is 239 g/mol. The summed E-state index contributed by atoms with van der Waals surface area (Å²) in [7, 11) is 2.07. The Morgan fingerprint density at radius 2 is 2.22 bits per heavy atom. The fourth-order valence-corrected chi connectivity index (χ4v) is 3.18. The minimum absolute atomic E-state index is 0.550. The number of nitriles is 1. The van der Waals surface area contributed by atoms with Gasteiger partial charge in [0.05, 0.1) is 11.1 Å². The van der Waals surface area contributed by atoms with Crippen LogP contribution in [0.5, 0.6) is 0 Å². The Kier molecular flexibility index (Phi) is 2.59. The molecule has 1 aliphatic rings. The predicted octanol–water partition coefficient (Wildman–Crippen LogP) is 3.35. The highest BCUT2D eigenvalue weighted by Gasteiger charge is 2.29. The van der Waals surface area contributed by atoms with Gasteiger partial charge in [-0.3, -0.25) is 0 Å². The molecule has 1 aromatic heterocycles. The number of aryl methyl sites for hydroxylation is 1. The summed E-state index contributed by atoms with van der Waals surface area (Å²) in [6, 6.07) is 8.06. The summed E-state index contributed by atoms with van der Waals surface area (Å²) >= 11 is 0. The number of para-hydroxylation sites is 1. The first kappa shape index (κ1) is 11.3. The predicted molar refractivity (Wildman–Crippen MR) is 71.2 cm³/mol. The maximum Gasteiger partial charge on any atom is 0.113 e. The van der Waals surface area contributed by atoms with Gasteiger partial charge in [-0.05, 0) is 30.9 Å². The molecule has 2 unspecified atom stereocenters. The van der Waals surface area contributed by atoms with Crippen molar-refractivity contribution in [3.8, 4) is 6.07 Å². The van der Waals surface area contributed by atoms with E-state index in [9.17, 15) is 0 Å². The highest BCUT2D eigenvalue weighted by Crippen LogP contribution is 2.39. The second kappa shape index (κ2) is 4.13. The van der Waals surface area contributed by atoms with Crippen LogP contribution in [0.25, 0.3) is 11.0 Å². The molecule has 0 aliphatic heterocycles. The molecule has 1 heterocycles. The average Bonchev–Trinajstić information content (AvgIpc) is 2.93. The van der Waals surface area contributed by atoms with E-state index >= 15 is 0 Å². The number of benzene rings is 1. The highest BCUT2D eigenvalue weighted by atomic mass is 15.1. The van der Waals surface area contributed by atoms with Gasteiger partial charge in [0.25, 0.3) is 0 Å². The van der Waals surface area contributed by atoms with Gasteiger partial charge in [-0.25, -0.2) is 4.98 Å². The Morgan fingerprint density at radius 1 is 1.39 bits per heavy atom. The fourth-order valence-electron chi connectivity index (χ4n) is 3.18. The molecular formula is C15H17N3. The van der Waals surface area contributed by atoms with Crippen LogP contribution < -0.4 is 0 Å². The number of hydrogen-bond donors (Lipinski definition) is 0. The quantitative estimate of drug-likeness (QED) is 0.765. The van der Waals surface area contributed by atoms with E-state index in [1.165, 1.54) is 19.3 Å². The van der Waals surface area contributed by atoms with Gasteiger partial charge in [0, 0.05) is 13.0 Å². The molecule has 18 heavy (non-hydrogen) atoms. The molecule has 2 atom stereocenters. The van der Waals surface area contributed by atoms with Crippen LogP contribution in [0.1, 0.15) is 43.5 Å². The third-order valence-corrected chi connectivity index (χ3v) is 4.26. The molecule has 1 fully saturated rings. The lowest BCUT2D eigenvalue weighted by molar-refractivity contribution is 0.499. The molecule has 1 aromatic carbocycles. The Morgan fingerprint density at radius 3 is 2.89 bits per heavy atom. The van der Waals surface area contributed by atoms with Gasteiger partial charge in [-0.2, -0.15) is 5.26 Å². The molecule has 0 bridgehead atoms. The zero-order valence-electron chi connectivity index (χ0n) is 10.8. The van der Waals surface area contributed by atoms with E-state index in [0.717, 1.165) is 16.9 Å². The van der Waals surface area contributed by atoms with Crippen molar-refractivity contribution in [3.05, 3.63) is 29.6 Å². The van der Waals surface area contributed by atoms with Gasteiger partial charge in [0.2, 0.25) is 0 Å². The van der Waals surface area contributed by atoms with Crippen molar-refractivity contribution in [2.45, 2.75) is 32.1 Å². The molecule has 92 valence electrons. The third-order valence-electron chi connectivity index (χ3n) is 4.26. The first-order chi connectivity index (χ1) is 8.72. The molecule has 3 nitrogen and oxygen atoms in total. The van der Waals surface area contributed by atoms with Crippen LogP contribution >= 0.6 is 0 Å². The summed E-state index contributed by atoms with van der Waals surface area (Å²) in [5.41, 5.74) is 2.61. The van der Waals surface area contributed by atoms with Crippen molar-refractivity contribution in [2.24, 2.45) is 13.0 Å². The molecule has 0 radical (unpaired) electrons. The van der Waals surface area contributed by atoms with E-state index in [0.29, 0.717) is 17.4 Å². The smallest absolute Gasteiger partial charge is 0.113 e. The summed E-state index contributed by atoms with van der Waals surface area (Å²) < 4.78 is 2.17. The normalized spacial score (nSPS) is 23.4. The average molecular weight is 239 g/mol.